The Labute approximate surface area is 166 Å². The van der Waals surface area contributed by atoms with Gasteiger partial charge in [-0.3, -0.25) is 4.79 Å². The van der Waals surface area contributed by atoms with Gasteiger partial charge in [0.25, 0.3) is 5.91 Å². The number of thioether (sulfide) groups is 1. The van der Waals surface area contributed by atoms with Crippen molar-refractivity contribution in [2.24, 2.45) is 0 Å². The number of furan rings is 1. The minimum atomic E-state index is -0.682. The van der Waals surface area contributed by atoms with Gasteiger partial charge in [-0.05, 0) is 61.9 Å². The molecule has 0 saturated carbocycles. The maximum Gasteiger partial charge on any atom is 0.375 e. The van der Waals surface area contributed by atoms with E-state index in [1.807, 2.05) is 49.6 Å². The minimum Gasteiger partial charge on any atom is -0.450 e. The van der Waals surface area contributed by atoms with E-state index in [1.165, 1.54) is 0 Å². The summed E-state index contributed by atoms with van der Waals surface area (Å²) in [7, 11) is 0. The predicted molar refractivity (Wildman–Crippen MR) is 107 cm³/mol. The van der Waals surface area contributed by atoms with Gasteiger partial charge < -0.3 is 14.5 Å². The van der Waals surface area contributed by atoms with Gasteiger partial charge in [0.05, 0.1) is 0 Å². The summed E-state index contributed by atoms with van der Waals surface area (Å²) < 4.78 is 10.7. The number of para-hydroxylation sites is 1. The summed E-state index contributed by atoms with van der Waals surface area (Å²) in [6.07, 6.45) is 0. The Balaban J connectivity index is 1.66. The second-order valence-corrected chi connectivity index (χ2v) is 7.16. The first kappa shape index (κ1) is 19.5. The van der Waals surface area contributed by atoms with E-state index in [2.05, 4.69) is 5.32 Å². The topological polar surface area (TPSA) is 92.3 Å². The standard InChI is InChI=1S/C21H18N2O4S/c1-12-8-15(28-11-22)9-13(2)19(12)23-18(24)10-26-21(25)20-14(3)16-6-4-5-7-17(16)27-20/h4-9H,10H2,1-3H3,(H,23,24). The normalized spacial score (nSPS) is 10.5. The lowest BCUT2D eigenvalue weighted by atomic mass is 10.1. The number of aryl methyl sites for hydroxylation is 3. The summed E-state index contributed by atoms with van der Waals surface area (Å²) in [6, 6.07) is 10.9. The molecule has 7 heteroatoms. The number of thiocyanates is 1. The molecule has 0 saturated heterocycles. The molecule has 0 atom stereocenters. The minimum absolute atomic E-state index is 0.0965. The fourth-order valence-corrected chi connectivity index (χ4v) is 3.55. The number of ether oxygens (including phenoxy) is 1. The van der Waals surface area contributed by atoms with E-state index in [4.69, 9.17) is 14.4 Å². The molecule has 28 heavy (non-hydrogen) atoms. The van der Waals surface area contributed by atoms with Gasteiger partial charge in [-0.1, -0.05) is 18.2 Å². The number of anilines is 1. The SMILES string of the molecule is Cc1cc(SC#N)cc(C)c1NC(=O)COC(=O)c1oc2ccccc2c1C. The third-order valence-electron chi connectivity index (χ3n) is 4.30. The first-order chi connectivity index (χ1) is 13.4. The monoisotopic (exact) mass is 394 g/mol. The van der Waals surface area contributed by atoms with Crippen molar-refractivity contribution in [3.63, 3.8) is 0 Å². The van der Waals surface area contributed by atoms with E-state index in [0.717, 1.165) is 33.2 Å². The maximum atomic E-state index is 12.3. The smallest absolute Gasteiger partial charge is 0.375 e. The molecule has 0 aliphatic heterocycles. The zero-order valence-corrected chi connectivity index (χ0v) is 16.5. The van der Waals surface area contributed by atoms with Gasteiger partial charge in [-0.25, -0.2) is 4.79 Å². The first-order valence-electron chi connectivity index (χ1n) is 8.53. The lowest BCUT2D eigenvalue weighted by Crippen LogP contribution is -2.22. The highest BCUT2D eigenvalue weighted by molar-refractivity contribution is 8.03. The second kappa shape index (κ2) is 8.19. The number of carbonyl (C=O) groups is 2. The van der Waals surface area contributed by atoms with Crippen LogP contribution in [-0.4, -0.2) is 18.5 Å². The van der Waals surface area contributed by atoms with E-state index in [-0.39, 0.29) is 5.76 Å². The quantitative estimate of drug-likeness (QED) is 0.382. The number of rotatable bonds is 5. The number of fused-ring (bicyclic) bond motifs is 1. The molecule has 0 unspecified atom stereocenters. The largest absolute Gasteiger partial charge is 0.450 e. The van der Waals surface area contributed by atoms with Crippen LogP contribution in [0.2, 0.25) is 0 Å². The average molecular weight is 394 g/mol. The summed E-state index contributed by atoms with van der Waals surface area (Å²) in [5.74, 6) is -1.04. The Kier molecular flexibility index (Phi) is 5.71. The van der Waals surface area contributed by atoms with Crippen molar-refractivity contribution in [1.82, 2.24) is 0 Å². The number of nitrogens with zero attached hydrogens (tertiary/aromatic N) is 1. The molecule has 1 N–H and O–H groups in total. The van der Waals surface area contributed by atoms with Crippen molar-refractivity contribution in [2.75, 3.05) is 11.9 Å². The van der Waals surface area contributed by atoms with Gasteiger partial charge >= 0.3 is 5.97 Å². The zero-order valence-electron chi connectivity index (χ0n) is 15.7. The van der Waals surface area contributed by atoms with Gasteiger partial charge in [-0.2, -0.15) is 5.26 Å². The number of amides is 1. The van der Waals surface area contributed by atoms with Crippen LogP contribution in [0.1, 0.15) is 27.2 Å². The summed E-state index contributed by atoms with van der Waals surface area (Å²) >= 11 is 1.06. The number of hydrogen-bond donors (Lipinski definition) is 1. The molecule has 1 aromatic heterocycles. The highest BCUT2D eigenvalue weighted by atomic mass is 32.2. The number of benzene rings is 2. The molecule has 1 amide bonds. The van der Waals surface area contributed by atoms with E-state index in [9.17, 15) is 9.59 Å². The summed E-state index contributed by atoms with van der Waals surface area (Å²) in [5, 5.41) is 14.4. The van der Waals surface area contributed by atoms with E-state index in [0.29, 0.717) is 16.8 Å². The van der Waals surface area contributed by atoms with Crippen LogP contribution in [0, 0.1) is 31.4 Å². The van der Waals surface area contributed by atoms with Gasteiger partial charge in [0.15, 0.2) is 6.61 Å². The highest BCUT2D eigenvalue weighted by Crippen LogP contribution is 2.28. The van der Waals surface area contributed by atoms with Crippen LogP contribution in [0.4, 0.5) is 5.69 Å². The Morgan fingerprint density at radius 2 is 1.86 bits per heavy atom. The summed E-state index contributed by atoms with van der Waals surface area (Å²) in [6.45, 7) is 5.03. The average Bonchev–Trinajstić information content (AvgIpc) is 3.00. The number of esters is 1. The summed E-state index contributed by atoms with van der Waals surface area (Å²) in [4.78, 5) is 25.4. The predicted octanol–water partition coefficient (Wildman–Crippen LogP) is 4.73. The van der Waals surface area contributed by atoms with Crippen molar-refractivity contribution >= 4 is 40.3 Å². The van der Waals surface area contributed by atoms with E-state index >= 15 is 0 Å². The molecule has 0 radical (unpaired) electrons. The lowest BCUT2D eigenvalue weighted by Gasteiger charge is -2.13. The molecular formula is C21H18N2O4S. The Morgan fingerprint density at radius 3 is 2.50 bits per heavy atom. The number of nitriles is 1. The molecule has 3 aromatic rings. The molecule has 0 fully saturated rings. The van der Waals surface area contributed by atoms with Crippen LogP contribution < -0.4 is 5.32 Å². The van der Waals surface area contributed by atoms with Crippen LogP contribution in [0.3, 0.4) is 0 Å². The molecule has 0 spiro atoms. The third kappa shape index (κ3) is 4.02. The third-order valence-corrected chi connectivity index (χ3v) is 4.86. The fraction of sp³-hybridized carbons (Fsp3) is 0.190. The molecule has 2 aromatic carbocycles. The van der Waals surface area contributed by atoms with E-state index in [1.54, 1.807) is 13.0 Å². The second-order valence-electron chi connectivity index (χ2n) is 6.30. The Hall–Kier alpha value is -3.24. The molecule has 1 heterocycles. The summed E-state index contributed by atoms with van der Waals surface area (Å²) in [5.41, 5.74) is 3.57. The number of carbonyl (C=O) groups excluding carboxylic acids is 2. The van der Waals surface area contributed by atoms with Gasteiger partial charge in [0, 0.05) is 21.5 Å². The number of nitrogens with one attached hydrogen (secondary N) is 1. The Morgan fingerprint density at radius 1 is 1.18 bits per heavy atom. The molecule has 3 rings (SSSR count). The molecule has 0 aliphatic carbocycles. The first-order valence-corrected chi connectivity index (χ1v) is 9.34. The molecule has 0 aliphatic rings. The van der Waals surface area contributed by atoms with Crippen LogP contribution in [0.5, 0.6) is 0 Å². The molecule has 6 nitrogen and oxygen atoms in total. The zero-order chi connectivity index (χ0) is 20.3. The van der Waals surface area contributed by atoms with Crippen LogP contribution >= 0.6 is 11.8 Å². The highest BCUT2D eigenvalue weighted by Gasteiger charge is 2.20. The van der Waals surface area contributed by atoms with Crippen molar-refractivity contribution < 1.29 is 18.7 Å². The van der Waals surface area contributed by atoms with Crippen molar-refractivity contribution in [3.8, 4) is 5.40 Å². The Bertz CT molecular complexity index is 1090. The molecule has 142 valence electrons. The maximum absolute atomic E-state index is 12.3. The van der Waals surface area contributed by atoms with Crippen molar-refractivity contribution in [2.45, 2.75) is 25.7 Å². The van der Waals surface area contributed by atoms with Crippen LogP contribution in [0.15, 0.2) is 45.7 Å². The van der Waals surface area contributed by atoms with E-state index < -0.39 is 18.5 Å². The fourth-order valence-electron chi connectivity index (χ4n) is 2.97. The van der Waals surface area contributed by atoms with Crippen molar-refractivity contribution in [1.29, 1.82) is 5.26 Å². The lowest BCUT2D eigenvalue weighted by molar-refractivity contribution is -0.119. The van der Waals surface area contributed by atoms with Gasteiger partial charge in [0.2, 0.25) is 5.76 Å². The van der Waals surface area contributed by atoms with Crippen LogP contribution in [-0.2, 0) is 9.53 Å². The van der Waals surface area contributed by atoms with Gasteiger partial charge in [0.1, 0.15) is 11.0 Å². The van der Waals surface area contributed by atoms with Crippen molar-refractivity contribution in [3.05, 3.63) is 58.8 Å². The van der Waals surface area contributed by atoms with Crippen LogP contribution in [0.25, 0.3) is 11.0 Å². The molecular weight excluding hydrogens is 376 g/mol. The number of hydrogen-bond acceptors (Lipinski definition) is 6. The van der Waals surface area contributed by atoms with Gasteiger partial charge in [-0.15, -0.1) is 0 Å². The molecule has 0 bridgehead atoms.